The molecule has 0 aromatic heterocycles. The molecule has 1 heterocycles. The first-order valence-corrected chi connectivity index (χ1v) is 8.01. The number of hydrazine groups is 1. The van der Waals surface area contributed by atoms with Gasteiger partial charge in [0.2, 0.25) is 5.91 Å². The molecule has 22 heavy (non-hydrogen) atoms. The molecule has 1 aliphatic heterocycles. The van der Waals surface area contributed by atoms with E-state index in [-0.39, 0.29) is 11.8 Å². The first kappa shape index (κ1) is 16.5. The van der Waals surface area contributed by atoms with Crippen molar-refractivity contribution in [1.29, 1.82) is 0 Å². The van der Waals surface area contributed by atoms with Gasteiger partial charge in [0, 0.05) is 6.92 Å². The number of nitrogens with one attached hydrogen (secondary N) is 1. The summed E-state index contributed by atoms with van der Waals surface area (Å²) in [6, 6.07) is 7.46. The van der Waals surface area contributed by atoms with Crippen LogP contribution in [0.25, 0.3) is 6.08 Å². The molecule has 0 bridgehead atoms. The molecule has 0 radical (unpaired) electrons. The zero-order chi connectivity index (χ0) is 16.1. The summed E-state index contributed by atoms with van der Waals surface area (Å²) in [5, 5.41) is 1.09. The average Bonchev–Trinajstić information content (AvgIpc) is 2.74. The Kier molecular flexibility index (Phi) is 5.57. The van der Waals surface area contributed by atoms with Crippen LogP contribution in [0, 0.1) is 0 Å². The lowest BCUT2D eigenvalue weighted by Gasteiger charge is -2.13. The van der Waals surface area contributed by atoms with Crippen molar-refractivity contribution in [1.82, 2.24) is 10.4 Å². The number of carbonyl (C=O) groups excluding carboxylic acids is 2. The number of benzene rings is 1. The topological polar surface area (TPSA) is 58.6 Å². The van der Waals surface area contributed by atoms with Gasteiger partial charge in [-0.15, -0.1) is 0 Å². The highest BCUT2D eigenvalue weighted by atomic mass is 32.2. The van der Waals surface area contributed by atoms with Crippen LogP contribution in [0.1, 0.15) is 25.8 Å². The van der Waals surface area contributed by atoms with Gasteiger partial charge in [0.25, 0.3) is 5.91 Å². The fraction of sp³-hybridized carbons (Fsp3) is 0.267. The van der Waals surface area contributed by atoms with Crippen LogP contribution in [0.5, 0.6) is 5.75 Å². The molecule has 1 fully saturated rings. The van der Waals surface area contributed by atoms with Crippen molar-refractivity contribution in [2.75, 3.05) is 6.61 Å². The molecule has 116 valence electrons. The molecule has 2 amide bonds. The van der Waals surface area contributed by atoms with Crippen LogP contribution in [0.3, 0.4) is 0 Å². The summed E-state index contributed by atoms with van der Waals surface area (Å²) in [7, 11) is 0. The fourth-order valence-corrected chi connectivity index (χ4v) is 2.93. The van der Waals surface area contributed by atoms with Gasteiger partial charge in [-0.2, -0.15) is 5.01 Å². The van der Waals surface area contributed by atoms with Gasteiger partial charge < -0.3 is 4.74 Å². The lowest BCUT2D eigenvalue weighted by molar-refractivity contribution is -0.131. The number of hydrogen-bond acceptors (Lipinski definition) is 5. The maximum atomic E-state index is 12.2. The summed E-state index contributed by atoms with van der Waals surface area (Å²) in [6.45, 7) is 4.05. The summed E-state index contributed by atoms with van der Waals surface area (Å²) in [5.74, 6) is 0.135. The SMILES string of the molecule is CCCOc1ccc(/C=C2\SC(=S)N(NC(C)=O)C2=O)cc1. The molecule has 1 aliphatic rings. The van der Waals surface area contributed by atoms with Gasteiger partial charge >= 0.3 is 0 Å². The Morgan fingerprint density at radius 1 is 1.41 bits per heavy atom. The number of nitrogens with zero attached hydrogens (tertiary/aromatic N) is 1. The monoisotopic (exact) mass is 336 g/mol. The van der Waals surface area contributed by atoms with E-state index in [1.54, 1.807) is 6.08 Å². The number of ether oxygens (including phenoxy) is 1. The molecule has 1 aromatic carbocycles. The standard InChI is InChI=1S/C15H16N2O3S2/c1-3-8-20-12-6-4-11(5-7-12)9-13-14(19)17(15(21)22-13)16-10(2)18/h4-7,9H,3,8H2,1-2H3,(H,16,18)/b13-9-. The molecular weight excluding hydrogens is 320 g/mol. The third-order valence-corrected chi connectivity index (χ3v) is 4.02. The normalized spacial score (nSPS) is 16.3. The van der Waals surface area contributed by atoms with Crippen molar-refractivity contribution in [3.05, 3.63) is 34.7 Å². The van der Waals surface area contributed by atoms with Crippen molar-refractivity contribution in [2.24, 2.45) is 0 Å². The molecule has 0 spiro atoms. The Labute approximate surface area is 138 Å². The molecule has 1 N–H and O–H groups in total. The van der Waals surface area contributed by atoms with Gasteiger partial charge in [0.1, 0.15) is 5.75 Å². The number of hydrogen-bond donors (Lipinski definition) is 1. The van der Waals surface area contributed by atoms with Crippen LogP contribution in [0.4, 0.5) is 0 Å². The zero-order valence-corrected chi connectivity index (χ0v) is 13.9. The lowest BCUT2D eigenvalue weighted by atomic mass is 10.2. The van der Waals surface area contributed by atoms with Crippen molar-refractivity contribution in [2.45, 2.75) is 20.3 Å². The molecule has 0 unspecified atom stereocenters. The predicted molar refractivity (Wildman–Crippen MR) is 91.1 cm³/mol. The van der Waals surface area contributed by atoms with Crippen molar-refractivity contribution in [3.63, 3.8) is 0 Å². The molecule has 5 nitrogen and oxygen atoms in total. The third kappa shape index (κ3) is 4.08. The molecule has 1 aromatic rings. The van der Waals surface area contributed by atoms with Gasteiger partial charge in [-0.3, -0.25) is 15.0 Å². The van der Waals surface area contributed by atoms with Gasteiger partial charge in [-0.05, 0) is 42.4 Å². The van der Waals surface area contributed by atoms with E-state index >= 15 is 0 Å². The van der Waals surface area contributed by atoms with Gasteiger partial charge in [0.15, 0.2) is 4.32 Å². The molecule has 0 saturated carbocycles. The molecule has 2 rings (SSSR count). The van der Waals surface area contributed by atoms with E-state index < -0.39 is 0 Å². The van der Waals surface area contributed by atoms with Crippen LogP contribution in [-0.4, -0.2) is 27.8 Å². The number of amides is 2. The van der Waals surface area contributed by atoms with E-state index in [1.807, 2.05) is 31.2 Å². The van der Waals surface area contributed by atoms with E-state index in [2.05, 4.69) is 5.43 Å². The summed E-state index contributed by atoms with van der Waals surface area (Å²) in [4.78, 5) is 23.7. The second-order valence-corrected chi connectivity index (χ2v) is 6.28. The Bertz CT molecular complexity index is 626. The van der Waals surface area contributed by atoms with Crippen LogP contribution in [-0.2, 0) is 9.59 Å². The second kappa shape index (κ2) is 7.42. The van der Waals surface area contributed by atoms with E-state index in [0.717, 1.165) is 34.5 Å². The summed E-state index contributed by atoms with van der Waals surface area (Å²) in [5.41, 5.74) is 3.28. The number of carbonyl (C=O) groups is 2. The number of thioether (sulfide) groups is 1. The quantitative estimate of drug-likeness (QED) is 0.662. The van der Waals surface area contributed by atoms with Gasteiger partial charge in [-0.1, -0.05) is 30.8 Å². The Morgan fingerprint density at radius 3 is 2.68 bits per heavy atom. The zero-order valence-electron chi connectivity index (χ0n) is 12.3. The van der Waals surface area contributed by atoms with Crippen LogP contribution < -0.4 is 10.2 Å². The smallest absolute Gasteiger partial charge is 0.285 e. The minimum atomic E-state index is -0.338. The number of thiocarbonyl (C=S) groups is 1. The largest absolute Gasteiger partial charge is 0.494 e. The first-order chi connectivity index (χ1) is 10.5. The third-order valence-electron chi connectivity index (χ3n) is 2.71. The van der Waals surface area contributed by atoms with Gasteiger partial charge in [0.05, 0.1) is 11.5 Å². The highest BCUT2D eigenvalue weighted by Gasteiger charge is 2.32. The van der Waals surface area contributed by atoms with Crippen molar-refractivity contribution in [3.8, 4) is 5.75 Å². The number of rotatable bonds is 5. The Hall–Kier alpha value is -1.86. The Balaban J connectivity index is 2.11. The van der Waals surface area contributed by atoms with Crippen molar-refractivity contribution < 1.29 is 14.3 Å². The van der Waals surface area contributed by atoms with Crippen LogP contribution in [0.2, 0.25) is 0 Å². The molecule has 0 atom stereocenters. The van der Waals surface area contributed by atoms with Gasteiger partial charge in [-0.25, -0.2) is 0 Å². The lowest BCUT2D eigenvalue weighted by Crippen LogP contribution is -2.43. The minimum Gasteiger partial charge on any atom is -0.494 e. The van der Waals surface area contributed by atoms with Crippen molar-refractivity contribution >= 4 is 46.2 Å². The van der Waals surface area contributed by atoms with E-state index in [4.69, 9.17) is 17.0 Å². The van der Waals surface area contributed by atoms with E-state index in [9.17, 15) is 9.59 Å². The highest BCUT2D eigenvalue weighted by Crippen LogP contribution is 2.31. The van der Waals surface area contributed by atoms with Crippen LogP contribution in [0.15, 0.2) is 29.2 Å². The summed E-state index contributed by atoms with van der Waals surface area (Å²) in [6.07, 6.45) is 2.69. The summed E-state index contributed by atoms with van der Waals surface area (Å²) >= 11 is 6.25. The maximum absolute atomic E-state index is 12.2. The Morgan fingerprint density at radius 2 is 2.09 bits per heavy atom. The maximum Gasteiger partial charge on any atom is 0.285 e. The van der Waals surface area contributed by atoms with E-state index in [0.29, 0.717) is 15.8 Å². The minimum absolute atomic E-state index is 0.314. The predicted octanol–water partition coefficient (Wildman–Crippen LogP) is 2.73. The fourth-order valence-electron chi connectivity index (χ4n) is 1.75. The average molecular weight is 336 g/mol. The second-order valence-electron chi connectivity index (χ2n) is 4.60. The van der Waals surface area contributed by atoms with Crippen LogP contribution >= 0.6 is 24.0 Å². The molecule has 7 heteroatoms. The van der Waals surface area contributed by atoms with E-state index in [1.165, 1.54) is 6.92 Å². The highest BCUT2D eigenvalue weighted by molar-refractivity contribution is 8.26. The molecular formula is C15H16N2O3S2. The summed E-state index contributed by atoms with van der Waals surface area (Å²) < 4.78 is 5.82. The first-order valence-electron chi connectivity index (χ1n) is 6.79. The molecule has 0 aliphatic carbocycles. The molecule has 1 saturated heterocycles.